The number of aryl methyl sites for hydroxylation is 1. The predicted molar refractivity (Wildman–Crippen MR) is 92.7 cm³/mol. The van der Waals surface area contributed by atoms with E-state index in [2.05, 4.69) is 39.0 Å². The lowest BCUT2D eigenvalue weighted by molar-refractivity contribution is 0.0696. The molecule has 0 amide bonds. The van der Waals surface area contributed by atoms with Gasteiger partial charge in [0.15, 0.2) is 0 Å². The van der Waals surface area contributed by atoms with Crippen LogP contribution >= 0.6 is 15.9 Å². The summed E-state index contributed by atoms with van der Waals surface area (Å²) >= 11 is 3.59. The van der Waals surface area contributed by atoms with Crippen LogP contribution in [0.1, 0.15) is 45.1 Å². The molecule has 0 fully saturated rings. The van der Waals surface area contributed by atoms with Crippen LogP contribution < -0.4 is 0 Å². The molecule has 118 valence electrons. The van der Waals surface area contributed by atoms with Crippen molar-refractivity contribution >= 4 is 21.9 Å². The molecule has 2 aliphatic rings. The van der Waals surface area contributed by atoms with Crippen LogP contribution in [0.2, 0.25) is 0 Å². The highest BCUT2D eigenvalue weighted by Gasteiger charge is 2.30. The molecule has 1 heterocycles. The number of carbonyl (C=O) groups is 1. The number of benzene rings is 2. The lowest BCUT2D eigenvalue weighted by Crippen LogP contribution is -2.33. The van der Waals surface area contributed by atoms with E-state index in [-0.39, 0.29) is 0 Å². The molecule has 23 heavy (non-hydrogen) atoms. The van der Waals surface area contributed by atoms with E-state index in [9.17, 15) is 4.79 Å². The number of carboxylic acid groups (broad SMARTS) is 1. The molecule has 1 aliphatic carbocycles. The minimum absolute atomic E-state index is 0.396. The lowest BCUT2D eigenvalue weighted by Gasteiger charge is -2.34. The first-order valence-electron chi connectivity index (χ1n) is 7.99. The quantitative estimate of drug-likeness (QED) is 0.859. The second-order valence-corrected chi connectivity index (χ2v) is 7.32. The number of rotatable bonds is 2. The first-order chi connectivity index (χ1) is 11.1. The van der Waals surface area contributed by atoms with Gasteiger partial charge in [-0.15, -0.1) is 0 Å². The Morgan fingerprint density at radius 3 is 2.74 bits per heavy atom. The second-order valence-electron chi connectivity index (χ2n) is 6.41. The van der Waals surface area contributed by atoms with Gasteiger partial charge in [-0.05, 0) is 65.8 Å². The van der Waals surface area contributed by atoms with Crippen molar-refractivity contribution in [3.05, 3.63) is 68.7 Å². The molecule has 0 saturated carbocycles. The zero-order valence-electron chi connectivity index (χ0n) is 12.8. The maximum Gasteiger partial charge on any atom is 0.335 e. The zero-order valence-corrected chi connectivity index (χ0v) is 14.3. The molecule has 3 nitrogen and oxygen atoms in total. The third-order valence-electron chi connectivity index (χ3n) is 5.09. The minimum Gasteiger partial charge on any atom is -0.478 e. The van der Waals surface area contributed by atoms with Crippen LogP contribution in [0.25, 0.3) is 0 Å². The fraction of sp³-hybridized carbons (Fsp3) is 0.316. The summed E-state index contributed by atoms with van der Waals surface area (Å²) in [6, 6.07) is 12.7. The van der Waals surface area contributed by atoms with Crippen molar-refractivity contribution in [3.8, 4) is 0 Å². The summed E-state index contributed by atoms with van der Waals surface area (Å²) < 4.78 is 1.15. The number of aromatic carboxylic acids is 1. The van der Waals surface area contributed by atoms with Crippen LogP contribution in [0, 0.1) is 0 Å². The smallest absolute Gasteiger partial charge is 0.335 e. The van der Waals surface area contributed by atoms with E-state index in [1.807, 2.05) is 12.1 Å². The lowest BCUT2D eigenvalue weighted by atomic mass is 9.95. The van der Waals surface area contributed by atoms with E-state index in [4.69, 9.17) is 5.11 Å². The van der Waals surface area contributed by atoms with Gasteiger partial charge in [0.1, 0.15) is 0 Å². The van der Waals surface area contributed by atoms with Gasteiger partial charge >= 0.3 is 5.97 Å². The fourth-order valence-corrected chi connectivity index (χ4v) is 4.28. The first kappa shape index (κ1) is 14.9. The van der Waals surface area contributed by atoms with Crippen molar-refractivity contribution in [1.29, 1.82) is 0 Å². The average molecular weight is 372 g/mol. The first-order valence-corrected chi connectivity index (χ1v) is 8.78. The molecular formula is C19H18BrNO2. The minimum atomic E-state index is -0.843. The summed E-state index contributed by atoms with van der Waals surface area (Å²) in [6.07, 6.45) is 3.25. The summed E-state index contributed by atoms with van der Waals surface area (Å²) in [5.41, 5.74) is 5.76. The summed E-state index contributed by atoms with van der Waals surface area (Å²) in [5.74, 6) is -0.843. The van der Waals surface area contributed by atoms with Crippen LogP contribution in [0.3, 0.4) is 0 Å². The van der Waals surface area contributed by atoms with Gasteiger partial charge in [0.2, 0.25) is 0 Å². The Bertz CT molecular complexity index is 787. The van der Waals surface area contributed by atoms with Crippen LogP contribution in [0.5, 0.6) is 0 Å². The number of nitrogens with zero attached hydrogens (tertiary/aromatic N) is 1. The Morgan fingerprint density at radius 1 is 1.09 bits per heavy atom. The van der Waals surface area contributed by atoms with Crippen molar-refractivity contribution < 1.29 is 9.90 Å². The molecule has 2 aromatic rings. The fourth-order valence-electron chi connectivity index (χ4n) is 3.90. The Balaban J connectivity index is 1.60. The third-order valence-corrected chi connectivity index (χ3v) is 5.58. The summed E-state index contributed by atoms with van der Waals surface area (Å²) in [6.45, 7) is 1.90. The van der Waals surface area contributed by atoms with Gasteiger partial charge in [-0.25, -0.2) is 4.79 Å². The number of fused-ring (bicyclic) bond motifs is 2. The van der Waals surface area contributed by atoms with Crippen LogP contribution in [-0.4, -0.2) is 22.5 Å². The van der Waals surface area contributed by atoms with E-state index >= 15 is 0 Å². The van der Waals surface area contributed by atoms with E-state index in [0.717, 1.165) is 30.4 Å². The van der Waals surface area contributed by atoms with Crippen molar-refractivity contribution in [2.75, 3.05) is 6.54 Å². The number of hydrogen-bond donors (Lipinski definition) is 1. The molecule has 0 saturated heterocycles. The highest BCUT2D eigenvalue weighted by atomic mass is 79.9. The monoisotopic (exact) mass is 371 g/mol. The molecule has 4 heteroatoms. The third kappa shape index (κ3) is 2.70. The number of halogens is 1. The maximum atomic E-state index is 11.1. The molecule has 0 radical (unpaired) electrons. The van der Waals surface area contributed by atoms with Gasteiger partial charge in [0.05, 0.1) is 5.56 Å². The Kier molecular flexibility index (Phi) is 3.74. The predicted octanol–water partition coefficient (Wildman–Crippen LogP) is 4.19. The maximum absolute atomic E-state index is 11.1. The molecular weight excluding hydrogens is 354 g/mol. The molecule has 2 aromatic carbocycles. The van der Waals surface area contributed by atoms with Crippen molar-refractivity contribution in [1.82, 2.24) is 4.90 Å². The van der Waals surface area contributed by atoms with Crippen LogP contribution in [0.15, 0.2) is 40.9 Å². The SMILES string of the molecule is O=C(O)c1ccc2c(c1)CCN(C1CCc3ccc(Br)cc31)C2. The van der Waals surface area contributed by atoms with Crippen LogP contribution in [-0.2, 0) is 19.4 Å². The zero-order chi connectivity index (χ0) is 16.0. The van der Waals surface area contributed by atoms with Crippen molar-refractivity contribution in [2.45, 2.75) is 31.8 Å². The van der Waals surface area contributed by atoms with E-state index in [0.29, 0.717) is 11.6 Å². The van der Waals surface area contributed by atoms with E-state index in [1.165, 1.54) is 28.7 Å². The summed E-state index contributed by atoms with van der Waals surface area (Å²) in [7, 11) is 0. The Morgan fingerprint density at radius 2 is 1.91 bits per heavy atom. The van der Waals surface area contributed by atoms with E-state index in [1.54, 1.807) is 6.07 Å². The highest BCUT2D eigenvalue weighted by Crippen LogP contribution is 2.39. The second kappa shape index (κ2) is 5.77. The van der Waals surface area contributed by atoms with Gasteiger partial charge in [-0.1, -0.05) is 28.1 Å². The largest absolute Gasteiger partial charge is 0.478 e. The van der Waals surface area contributed by atoms with Crippen LogP contribution in [0.4, 0.5) is 0 Å². The summed E-state index contributed by atoms with van der Waals surface area (Å²) in [4.78, 5) is 13.7. The number of hydrogen-bond acceptors (Lipinski definition) is 2. The molecule has 1 unspecified atom stereocenters. The molecule has 1 aliphatic heterocycles. The molecule has 4 rings (SSSR count). The topological polar surface area (TPSA) is 40.5 Å². The standard InChI is InChI=1S/C19H18BrNO2/c20-16-5-3-12-4-6-18(17(12)10-16)21-8-7-13-9-14(19(22)23)1-2-15(13)11-21/h1-3,5,9-10,18H,4,6-8,11H2,(H,22,23). The molecule has 0 aromatic heterocycles. The van der Waals surface area contributed by atoms with Gasteiger partial charge < -0.3 is 5.11 Å². The summed E-state index contributed by atoms with van der Waals surface area (Å²) in [5, 5.41) is 9.13. The van der Waals surface area contributed by atoms with Crippen molar-refractivity contribution in [2.24, 2.45) is 0 Å². The van der Waals surface area contributed by atoms with Crippen molar-refractivity contribution in [3.63, 3.8) is 0 Å². The molecule has 0 bridgehead atoms. The molecule has 0 spiro atoms. The van der Waals surface area contributed by atoms with Gasteiger partial charge in [-0.3, -0.25) is 4.90 Å². The molecule has 1 N–H and O–H groups in total. The number of carboxylic acids is 1. The van der Waals surface area contributed by atoms with Gasteiger partial charge in [0, 0.05) is 23.6 Å². The van der Waals surface area contributed by atoms with Gasteiger partial charge in [0.25, 0.3) is 0 Å². The Labute approximate surface area is 144 Å². The average Bonchev–Trinajstić information content (AvgIpc) is 2.96. The molecule has 1 atom stereocenters. The highest BCUT2D eigenvalue weighted by molar-refractivity contribution is 9.10. The normalized spacial score (nSPS) is 20.1. The Hall–Kier alpha value is -1.65. The van der Waals surface area contributed by atoms with E-state index < -0.39 is 5.97 Å². The van der Waals surface area contributed by atoms with Gasteiger partial charge in [-0.2, -0.15) is 0 Å².